The second kappa shape index (κ2) is 9.74. The molecular weight excluding hydrogens is 412 g/mol. The summed E-state index contributed by atoms with van der Waals surface area (Å²) in [4.78, 5) is 29.6. The highest BCUT2D eigenvalue weighted by Gasteiger charge is 2.47. The Balaban J connectivity index is 2.25. The quantitative estimate of drug-likeness (QED) is 0.384. The molecule has 2 aromatic rings. The molecule has 3 rings (SSSR count). The normalized spacial score (nSPS) is 17.7. The van der Waals surface area contributed by atoms with E-state index in [0.717, 1.165) is 0 Å². The molecule has 8 heteroatoms. The first-order chi connectivity index (χ1) is 15.3. The molecule has 0 unspecified atom stereocenters. The van der Waals surface area contributed by atoms with Gasteiger partial charge in [0.2, 0.25) is 0 Å². The van der Waals surface area contributed by atoms with Crippen molar-refractivity contribution in [1.82, 2.24) is 9.80 Å². The number of amides is 1. The average Bonchev–Trinajstić information content (AvgIpc) is 3.06. The molecule has 1 aliphatic heterocycles. The number of aliphatic hydroxyl groups excluding tert-OH is 1. The van der Waals surface area contributed by atoms with E-state index in [1.807, 2.05) is 19.0 Å². The maximum atomic E-state index is 13.1. The monoisotopic (exact) mass is 440 g/mol. The number of carbonyl (C=O) groups excluding carboxylic acids is 2. The number of aliphatic hydroxyl groups is 1. The summed E-state index contributed by atoms with van der Waals surface area (Å²) >= 11 is 0. The number of Topliss-reactive ketones (excluding diaryl/α,β-unsaturated/α-hetero) is 1. The third kappa shape index (κ3) is 4.27. The van der Waals surface area contributed by atoms with Crippen molar-refractivity contribution in [1.29, 1.82) is 0 Å². The minimum atomic E-state index is -0.841. The van der Waals surface area contributed by atoms with Crippen LogP contribution in [0.2, 0.25) is 0 Å². The van der Waals surface area contributed by atoms with Crippen LogP contribution >= 0.6 is 0 Å². The first-order valence-corrected chi connectivity index (χ1v) is 10.1. The number of ether oxygens (including phenoxy) is 3. The van der Waals surface area contributed by atoms with Crippen molar-refractivity contribution in [3.05, 3.63) is 59.2 Å². The van der Waals surface area contributed by atoms with Gasteiger partial charge in [0, 0.05) is 24.2 Å². The lowest BCUT2D eigenvalue weighted by Gasteiger charge is -2.28. The number of likely N-dealkylation sites (N-methyl/N-ethyl adjacent to an activating group) is 1. The van der Waals surface area contributed by atoms with Crippen LogP contribution in [0.3, 0.4) is 0 Å². The highest BCUT2D eigenvalue weighted by atomic mass is 16.5. The highest BCUT2D eigenvalue weighted by Crippen LogP contribution is 2.45. The van der Waals surface area contributed by atoms with Crippen LogP contribution < -0.4 is 14.2 Å². The number of nitrogens with zero attached hydrogens (tertiary/aromatic N) is 2. The lowest BCUT2D eigenvalue weighted by molar-refractivity contribution is -0.140. The van der Waals surface area contributed by atoms with E-state index in [9.17, 15) is 14.7 Å². The SMILES string of the molecule is COc1cccc(/C(O)=C2\C(=O)C(=O)N(CCN(C)C)[C@@H]2c2cccc(OC)c2OC)c1. The largest absolute Gasteiger partial charge is 0.507 e. The minimum absolute atomic E-state index is 0.00596. The molecule has 170 valence electrons. The molecule has 0 bridgehead atoms. The van der Waals surface area contributed by atoms with Gasteiger partial charge >= 0.3 is 0 Å². The number of para-hydroxylation sites is 1. The van der Waals surface area contributed by atoms with Crippen molar-refractivity contribution in [2.75, 3.05) is 48.5 Å². The fraction of sp³-hybridized carbons (Fsp3) is 0.333. The van der Waals surface area contributed by atoms with Crippen molar-refractivity contribution < 1.29 is 28.9 Å². The number of methoxy groups -OCH3 is 3. The average molecular weight is 440 g/mol. The van der Waals surface area contributed by atoms with Crippen molar-refractivity contribution in [2.45, 2.75) is 6.04 Å². The first kappa shape index (κ1) is 23.1. The fourth-order valence-corrected chi connectivity index (χ4v) is 3.79. The van der Waals surface area contributed by atoms with Gasteiger partial charge < -0.3 is 29.1 Å². The maximum Gasteiger partial charge on any atom is 0.295 e. The van der Waals surface area contributed by atoms with Crippen LogP contribution in [0.25, 0.3) is 5.76 Å². The number of ketones is 1. The van der Waals surface area contributed by atoms with E-state index in [0.29, 0.717) is 34.9 Å². The molecule has 1 atom stereocenters. The number of benzene rings is 2. The van der Waals surface area contributed by atoms with E-state index in [2.05, 4.69) is 0 Å². The molecule has 0 radical (unpaired) electrons. The predicted molar refractivity (Wildman–Crippen MR) is 120 cm³/mol. The van der Waals surface area contributed by atoms with Crippen LogP contribution in [0.1, 0.15) is 17.2 Å². The van der Waals surface area contributed by atoms with Gasteiger partial charge in [-0.2, -0.15) is 0 Å². The van der Waals surface area contributed by atoms with E-state index in [4.69, 9.17) is 14.2 Å². The van der Waals surface area contributed by atoms with E-state index in [1.54, 1.807) is 42.5 Å². The smallest absolute Gasteiger partial charge is 0.295 e. The molecule has 2 aromatic carbocycles. The van der Waals surface area contributed by atoms with Gasteiger partial charge in [0.1, 0.15) is 11.5 Å². The van der Waals surface area contributed by atoms with Crippen LogP contribution in [0, 0.1) is 0 Å². The highest BCUT2D eigenvalue weighted by molar-refractivity contribution is 6.46. The van der Waals surface area contributed by atoms with Crippen molar-refractivity contribution in [3.63, 3.8) is 0 Å². The molecule has 1 N–H and O–H groups in total. The molecular formula is C24H28N2O6. The lowest BCUT2D eigenvalue weighted by atomic mass is 9.94. The fourth-order valence-electron chi connectivity index (χ4n) is 3.79. The van der Waals surface area contributed by atoms with E-state index in [-0.39, 0.29) is 17.9 Å². The van der Waals surface area contributed by atoms with Crippen LogP contribution in [-0.2, 0) is 9.59 Å². The number of likely N-dealkylation sites (tertiary alicyclic amines) is 1. The van der Waals surface area contributed by atoms with Crippen LogP contribution in [-0.4, -0.2) is 75.1 Å². The zero-order chi connectivity index (χ0) is 23.4. The van der Waals surface area contributed by atoms with Gasteiger partial charge in [-0.3, -0.25) is 9.59 Å². The second-order valence-electron chi connectivity index (χ2n) is 7.61. The molecule has 32 heavy (non-hydrogen) atoms. The Morgan fingerprint density at radius 3 is 2.38 bits per heavy atom. The topological polar surface area (TPSA) is 88.5 Å². The Hall–Kier alpha value is -3.52. The Labute approximate surface area is 187 Å². The van der Waals surface area contributed by atoms with Gasteiger partial charge in [-0.25, -0.2) is 0 Å². The Morgan fingerprint density at radius 2 is 1.75 bits per heavy atom. The molecule has 0 saturated carbocycles. The lowest BCUT2D eigenvalue weighted by Crippen LogP contribution is -2.35. The zero-order valence-electron chi connectivity index (χ0n) is 18.9. The zero-order valence-corrected chi connectivity index (χ0v) is 18.9. The number of hydrogen-bond donors (Lipinski definition) is 1. The van der Waals surface area contributed by atoms with Gasteiger partial charge in [-0.1, -0.05) is 24.3 Å². The van der Waals surface area contributed by atoms with Gasteiger partial charge in [-0.05, 0) is 32.3 Å². The summed E-state index contributed by atoms with van der Waals surface area (Å²) in [7, 11) is 8.29. The van der Waals surface area contributed by atoms with E-state index >= 15 is 0 Å². The summed E-state index contributed by atoms with van der Waals surface area (Å²) in [6.07, 6.45) is 0. The summed E-state index contributed by atoms with van der Waals surface area (Å²) in [6.45, 7) is 0.826. The molecule has 8 nitrogen and oxygen atoms in total. The van der Waals surface area contributed by atoms with Gasteiger partial charge in [0.25, 0.3) is 11.7 Å². The maximum absolute atomic E-state index is 13.1. The minimum Gasteiger partial charge on any atom is -0.507 e. The van der Waals surface area contributed by atoms with E-state index < -0.39 is 17.7 Å². The number of rotatable bonds is 8. The van der Waals surface area contributed by atoms with Crippen molar-refractivity contribution in [2.24, 2.45) is 0 Å². The Kier molecular flexibility index (Phi) is 7.05. The molecule has 1 saturated heterocycles. The van der Waals surface area contributed by atoms with Crippen LogP contribution in [0.5, 0.6) is 17.2 Å². The molecule has 0 aromatic heterocycles. The summed E-state index contributed by atoms with van der Waals surface area (Å²) in [5, 5.41) is 11.2. The predicted octanol–water partition coefficient (Wildman–Crippen LogP) is 2.70. The molecule has 1 amide bonds. The number of hydrogen-bond acceptors (Lipinski definition) is 7. The summed E-state index contributed by atoms with van der Waals surface area (Å²) < 4.78 is 16.2. The summed E-state index contributed by atoms with van der Waals surface area (Å²) in [5.41, 5.74) is 0.921. The second-order valence-corrected chi connectivity index (χ2v) is 7.61. The Morgan fingerprint density at radius 1 is 1.03 bits per heavy atom. The molecule has 1 heterocycles. The van der Waals surface area contributed by atoms with Crippen molar-refractivity contribution in [3.8, 4) is 17.2 Å². The standard InChI is InChI=1S/C24H28N2O6/c1-25(2)12-13-26-20(17-10-7-11-18(31-4)23(17)32-5)19(22(28)24(26)29)21(27)15-8-6-9-16(14-15)30-3/h6-11,14,20,27H,12-13H2,1-5H3/b21-19+/t20-/m1/s1. The van der Waals surface area contributed by atoms with Crippen LogP contribution in [0.15, 0.2) is 48.0 Å². The first-order valence-electron chi connectivity index (χ1n) is 10.1. The van der Waals surface area contributed by atoms with Crippen LogP contribution in [0.4, 0.5) is 0 Å². The molecule has 1 fully saturated rings. The van der Waals surface area contributed by atoms with Crippen molar-refractivity contribution >= 4 is 17.4 Å². The third-order valence-electron chi connectivity index (χ3n) is 5.40. The molecule has 0 spiro atoms. The summed E-state index contributed by atoms with van der Waals surface area (Å²) in [6, 6.07) is 11.1. The van der Waals surface area contributed by atoms with Gasteiger partial charge in [-0.15, -0.1) is 0 Å². The van der Waals surface area contributed by atoms with Gasteiger partial charge in [0.05, 0.1) is 32.9 Å². The number of carbonyl (C=O) groups is 2. The third-order valence-corrected chi connectivity index (χ3v) is 5.40. The molecule has 0 aliphatic carbocycles. The Bertz CT molecular complexity index is 1050. The van der Waals surface area contributed by atoms with E-state index in [1.165, 1.54) is 26.2 Å². The summed E-state index contributed by atoms with van der Waals surface area (Å²) in [5.74, 6) is -0.320. The van der Waals surface area contributed by atoms with Gasteiger partial charge in [0.15, 0.2) is 11.5 Å². The molecule has 1 aliphatic rings.